The molecule has 0 radical (unpaired) electrons. The van der Waals surface area contributed by atoms with Crippen LogP contribution in [-0.4, -0.2) is 26.4 Å². The maximum atomic E-state index is 13.6. The molecular formula is C10H12ClFO4S. The molecule has 4 nitrogen and oxygen atoms in total. The van der Waals surface area contributed by atoms with Crippen LogP contribution in [-0.2, 0) is 15.5 Å². The second-order valence-corrected chi connectivity index (χ2v) is 6.44. The number of methoxy groups -OCH3 is 1. The van der Waals surface area contributed by atoms with Gasteiger partial charge in [0.15, 0.2) is 11.5 Å². The van der Waals surface area contributed by atoms with Gasteiger partial charge in [0.2, 0.25) is 14.9 Å². The Morgan fingerprint density at radius 1 is 1.53 bits per heavy atom. The maximum Gasteiger partial charge on any atom is 0.232 e. The standard InChI is InChI=1S/C10H12ClFO4S/c1-6-5-7(3-4-17(11,14)15)10(16-2)8(12)9(6)13/h5,13H,3-4H2,1-2H3. The number of aromatic hydroxyl groups is 1. The summed E-state index contributed by atoms with van der Waals surface area (Å²) in [7, 11) is 2.67. The molecule has 7 heteroatoms. The molecule has 0 aromatic heterocycles. The normalized spacial score (nSPS) is 11.5. The summed E-state index contributed by atoms with van der Waals surface area (Å²) in [5.74, 6) is -1.88. The molecule has 1 N–H and O–H groups in total. The van der Waals surface area contributed by atoms with Crippen LogP contribution in [0.15, 0.2) is 6.07 Å². The zero-order valence-corrected chi connectivity index (χ0v) is 10.9. The van der Waals surface area contributed by atoms with E-state index >= 15 is 0 Å². The third-order valence-electron chi connectivity index (χ3n) is 2.28. The first-order valence-electron chi connectivity index (χ1n) is 4.73. The number of aryl methyl sites for hydroxylation is 2. The Kier molecular flexibility index (Phi) is 4.21. The molecule has 0 aliphatic carbocycles. The zero-order valence-electron chi connectivity index (χ0n) is 9.33. The summed E-state index contributed by atoms with van der Waals surface area (Å²) in [5.41, 5.74) is 0.662. The van der Waals surface area contributed by atoms with Gasteiger partial charge in [-0.2, -0.15) is 4.39 Å². The third-order valence-corrected chi connectivity index (χ3v) is 3.44. The van der Waals surface area contributed by atoms with Crippen molar-refractivity contribution >= 4 is 19.7 Å². The Labute approximate surface area is 103 Å². The molecule has 96 valence electrons. The molecule has 0 heterocycles. The molecule has 0 spiro atoms. The average Bonchev–Trinajstić information content (AvgIpc) is 2.22. The van der Waals surface area contributed by atoms with Crippen LogP contribution in [0.4, 0.5) is 4.39 Å². The lowest BCUT2D eigenvalue weighted by Gasteiger charge is -2.11. The molecule has 17 heavy (non-hydrogen) atoms. The van der Waals surface area contributed by atoms with Gasteiger partial charge < -0.3 is 9.84 Å². The first-order chi connectivity index (χ1) is 7.76. The van der Waals surface area contributed by atoms with Gasteiger partial charge in [0, 0.05) is 10.7 Å². The first kappa shape index (κ1) is 14.1. The molecule has 0 aliphatic rings. The number of rotatable bonds is 4. The fourth-order valence-corrected chi connectivity index (χ4v) is 2.15. The van der Waals surface area contributed by atoms with Crippen molar-refractivity contribution in [2.24, 2.45) is 0 Å². The Bertz CT molecular complexity index is 528. The van der Waals surface area contributed by atoms with Gasteiger partial charge in [-0.3, -0.25) is 0 Å². The van der Waals surface area contributed by atoms with Crippen molar-refractivity contribution in [1.29, 1.82) is 0 Å². The second kappa shape index (κ2) is 5.10. The van der Waals surface area contributed by atoms with E-state index in [0.717, 1.165) is 0 Å². The zero-order chi connectivity index (χ0) is 13.2. The SMILES string of the molecule is COc1c(CCS(=O)(=O)Cl)cc(C)c(O)c1F. The van der Waals surface area contributed by atoms with E-state index in [-0.39, 0.29) is 17.9 Å². The largest absolute Gasteiger partial charge is 0.505 e. The Morgan fingerprint density at radius 3 is 2.59 bits per heavy atom. The van der Waals surface area contributed by atoms with Gasteiger partial charge in [0.1, 0.15) is 0 Å². The Balaban J connectivity index is 3.15. The predicted octanol–water partition coefficient (Wildman–Crippen LogP) is 1.96. The number of hydrogen-bond donors (Lipinski definition) is 1. The summed E-state index contributed by atoms with van der Waals surface area (Å²) in [6, 6.07) is 1.47. The number of phenolic OH excluding ortho intramolecular Hbond substituents is 1. The second-order valence-electron chi connectivity index (χ2n) is 3.54. The molecule has 1 aromatic carbocycles. The van der Waals surface area contributed by atoms with Crippen LogP contribution in [0.5, 0.6) is 11.5 Å². The lowest BCUT2D eigenvalue weighted by Crippen LogP contribution is -2.04. The lowest BCUT2D eigenvalue weighted by atomic mass is 10.1. The van der Waals surface area contributed by atoms with Gasteiger partial charge >= 0.3 is 0 Å². The molecule has 0 saturated carbocycles. The van der Waals surface area contributed by atoms with Crippen molar-refractivity contribution in [3.8, 4) is 11.5 Å². The fraction of sp³-hybridized carbons (Fsp3) is 0.400. The van der Waals surface area contributed by atoms with Crippen molar-refractivity contribution < 1.29 is 22.7 Å². The highest BCUT2D eigenvalue weighted by Gasteiger charge is 2.18. The fourth-order valence-electron chi connectivity index (χ4n) is 1.46. The topological polar surface area (TPSA) is 63.6 Å². The molecule has 0 saturated heterocycles. The van der Waals surface area contributed by atoms with E-state index in [0.29, 0.717) is 11.1 Å². The molecular weight excluding hydrogens is 271 g/mol. The van der Waals surface area contributed by atoms with Crippen molar-refractivity contribution in [1.82, 2.24) is 0 Å². The number of hydrogen-bond acceptors (Lipinski definition) is 4. The predicted molar refractivity (Wildman–Crippen MR) is 62.7 cm³/mol. The summed E-state index contributed by atoms with van der Waals surface area (Å²) in [4.78, 5) is 0. The van der Waals surface area contributed by atoms with Crippen molar-refractivity contribution in [2.75, 3.05) is 12.9 Å². The highest BCUT2D eigenvalue weighted by Crippen LogP contribution is 2.33. The number of halogens is 2. The van der Waals surface area contributed by atoms with Gasteiger partial charge in [0.05, 0.1) is 12.9 Å². The van der Waals surface area contributed by atoms with E-state index < -0.39 is 20.6 Å². The van der Waals surface area contributed by atoms with E-state index in [1.54, 1.807) is 0 Å². The van der Waals surface area contributed by atoms with Gasteiger partial charge in [0.25, 0.3) is 0 Å². The molecule has 0 unspecified atom stereocenters. The van der Waals surface area contributed by atoms with Gasteiger partial charge in [-0.05, 0) is 30.5 Å². The van der Waals surface area contributed by atoms with Crippen LogP contribution in [0.2, 0.25) is 0 Å². The van der Waals surface area contributed by atoms with Gasteiger partial charge in [-0.15, -0.1) is 0 Å². The Morgan fingerprint density at radius 2 is 2.12 bits per heavy atom. The number of ether oxygens (including phenoxy) is 1. The summed E-state index contributed by atoms with van der Waals surface area (Å²) >= 11 is 0. The van der Waals surface area contributed by atoms with E-state index in [4.69, 9.17) is 15.4 Å². The molecule has 0 aliphatic heterocycles. The quantitative estimate of drug-likeness (QED) is 0.858. The molecule has 0 fully saturated rings. The average molecular weight is 283 g/mol. The summed E-state index contributed by atoms with van der Waals surface area (Å²) < 4.78 is 40.0. The van der Waals surface area contributed by atoms with Crippen molar-refractivity contribution in [3.05, 3.63) is 23.0 Å². The summed E-state index contributed by atoms with van der Waals surface area (Å²) in [6.07, 6.45) is 0.0209. The van der Waals surface area contributed by atoms with Crippen LogP contribution in [0, 0.1) is 12.7 Å². The minimum absolute atomic E-state index is 0.0209. The van der Waals surface area contributed by atoms with Crippen LogP contribution in [0.3, 0.4) is 0 Å². The minimum atomic E-state index is -3.65. The van der Waals surface area contributed by atoms with E-state index in [1.165, 1.54) is 20.1 Å². The highest BCUT2D eigenvalue weighted by molar-refractivity contribution is 8.13. The molecule has 0 bridgehead atoms. The smallest absolute Gasteiger partial charge is 0.232 e. The van der Waals surface area contributed by atoms with Crippen LogP contribution >= 0.6 is 10.7 Å². The van der Waals surface area contributed by atoms with Crippen LogP contribution < -0.4 is 4.74 Å². The van der Waals surface area contributed by atoms with E-state index in [1.807, 2.05) is 0 Å². The number of phenols is 1. The van der Waals surface area contributed by atoms with E-state index in [2.05, 4.69) is 0 Å². The van der Waals surface area contributed by atoms with Crippen LogP contribution in [0.25, 0.3) is 0 Å². The summed E-state index contributed by atoms with van der Waals surface area (Å²) in [6.45, 7) is 1.51. The first-order valence-corrected chi connectivity index (χ1v) is 7.21. The molecule has 1 rings (SSSR count). The van der Waals surface area contributed by atoms with Gasteiger partial charge in [-0.1, -0.05) is 0 Å². The lowest BCUT2D eigenvalue weighted by molar-refractivity contribution is 0.359. The summed E-state index contributed by atoms with van der Waals surface area (Å²) in [5, 5.41) is 9.37. The molecule has 0 amide bonds. The molecule has 1 aromatic rings. The van der Waals surface area contributed by atoms with Crippen LogP contribution in [0.1, 0.15) is 11.1 Å². The van der Waals surface area contributed by atoms with Crippen molar-refractivity contribution in [2.45, 2.75) is 13.3 Å². The minimum Gasteiger partial charge on any atom is -0.505 e. The molecule has 0 atom stereocenters. The Hall–Kier alpha value is -1.01. The van der Waals surface area contributed by atoms with Gasteiger partial charge in [-0.25, -0.2) is 8.42 Å². The highest BCUT2D eigenvalue weighted by atomic mass is 35.7. The monoisotopic (exact) mass is 282 g/mol. The van der Waals surface area contributed by atoms with Crippen molar-refractivity contribution in [3.63, 3.8) is 0 Å². The maximum absolute atomic E-state index is 13.6. The van der Waals surface area contributed by atoms with E-state index in [9.17, 15) is 17.9 Å². The third kappa shape index (κ3) is 3.47. The number of benzene rings is 1.